The van der Waals surface area contributed by atoms with E-state index in [1.54, 1.807) is 43.8 Å². The number of rotatable bonds is 10. The predicted molar refractivity (Wildman–Crippen MR) is 169 cm³/mol. The Kier molecular flexibility index (Phi) is 10.6. The number of aromatic nitrogens is 4. The smallest absolute Gasteiger partial charge is 0.381 e. The van der Waals surface area contributed by atoms with E-state index in [-0.39, 0.29) is 23.4 Å². The number of likely N-dealkylation sites (N-methyl/N-ethyl adjacent to an activating group) is 1. The van der Waals surface area contributed by atoms with Crippen LogP contribution in [0.2, 0.25) is 0 Å². The topological polar surface area (TPSA) is 118 Å². The molecule has 4 aromatic rings. The van der Waals surface area contributed by atoms with Crippen LogP contribution in [0.3, 0.4) is 0 Å². The summed E-state index contributed by atoms with van der Waals surface area (Å²) in [6, 6.07) is 9.06. The Morgan fingerprint density at radius 1 is 1.02 bits per heavy atom. The molecule has 0 aliphatic carbocycles. The van der Waals surface area contributed by atoms with Gasteiger partial charge in [-0.25, -0.2) is 9.97 Å². The first-order valence-corrected chi connectivity index (χ1v) is 14.9. The maximum absolute atomic E-state index is 13.8. The van der Waals surface area contributed by atoms with Gasteiger partial charge in [0, 0.05) is 68.3 Å². The van der Waals surface area contributed by atoms with E-state index in [9.17, 15) is 18.0 Å². The van der Waals surface area contributed by atoms with Crippen LogP contribution in [0.5, 0.6) is 0 Å². The van der Waals surface area contributed by atoms with Gasteiger partial charge in [-0.15, -0.1) is 0 Å². The lowest BCUT2D eigenvalue weighted by molar-refractivity contribution is -0.138. The quantitative estimate of drug-likeness (QED) is 0.142. The summed E-state index contributed by atoms with van der Waals surface area (Å²) in [5, 5.41) is 16.1. The molecular formula is C33H35F3N8O2. The van der Waals surface area contributed by atoms with Crippen LogP contribution in [0.4, 0.5) is 30.5 Å². The van der Waals surface area contributed by atoms with E-state index in [0.29, 0.717) is 36.2 Å². The van der Waals surface area contributed by atoms with Gasteiger partial charge in [0.05, 0.1) is 29.1 Å². The van der Waals surface area contributed by atoms with Gasteiger partial charge in [-0.3, -0.25) is 9.48 Å². The second kappa shape index (κ2) is 15.0. The predicted octanol–water partition coefficient (Wildman–Crippen LogP) is 5.06. The zero-order chi connectivity index (χ0) is 32.5. The van der Waals surface area contributed by atoms with Gasteiger partial charge >= 0.3 is 6.18 Å². The van der Waals surface area contributed by atoms with Crippen molar-refractivity contribution in [1.82, 2.24) is 30.4 Å². The molecule has 13 heteroatoms. The Hall–Kier alpha value is -4.77. The van der Waals surface area contributed by atoms with Crippen molar-refractivity contribution in [3.63, 3.8) is 0 Å². The molecule has 0 unspecified atom stereocenters. The molecule has 1 aliphatic heterocycles. The number of carbonyl (C=O) groups is 1. The molecule has 2 aromatic heterocycles. The molecule has 10 nitrogen and oxygen atoms in total. The number of amides is 1. The number of aryl methyl sites for hydroxylation is 1. The van der Waals surface area contributed by atoms with Gasteiger partial charge in [0.2, 0.25) is 5.95 Å². The molecule has 46 heavy (non-hydrogen) atoms. The minimum absolute atomic E-state index is 0.0475. The van der Waals surface area contributed by atoms with Gasteiger partial charge in [0.1, 0.15) is 0 Å². The average Bonchev–Trinajstić information content (AvgIpc) is 3.52. The molecule has 1 fully saturated rings. The van der Waals surface area contributed by atoms with E-state index in [1.165, 1.54) is 12.1 Å². The van der Waals surface area contributed by atoms with Crippen LogP contribution in [0.25, 0.3) is 0 Å². The van der Waals surface area contributed by atoms with Crippen LogP contribution in [0.15, 0.2) is 61.2 Å². The van der Waals surface area contributed by atoms with Crippen molar-refractivity contribution in [2.45, 2.75) is 38.5 Å². The first-order valence-electron chi connectivity index (χ1n) is 14.9. The first kappa shape index (κ1) is 32.6. The highest BCUT2D eigenvalue weighted by atomic mass is 19.4. The lowest BCUT2D eigenvalue weighted by Gasteiger charge is -2.22. The normalized spacial score (nSPS) is 13.6. The fraction of sp³-hybridized carbons (Fsp3) is 0.333. The number of anilines is 3. The molecule has 1 aliphatic rings. The van der Waals surface area contributed by atoms with Crippen molar-refractivity contribution < 1.29 is 22.7 Å². The fourth-order valence-corrected chi connectivity index (χ4v) is 4.89. The number of hydrogen-bond acceptors (Lipinski definition) is 8. The summed E-state index contributed by atoms with van der Waals surface area (Å²) in [6.45, 7) is 4.51. The molecule has 240 valence electrons. The maximum atomic E-state index is 13.8. The fourth-order valence-electron chi connectivity index (χ4n) is 4.89. The molecule has 1 saturated heterocycles. The third-order valence-electron chi connectivity index (χ3n) is 7.46. The van der Waals surface area contributed by atoms with Crippen LogP contribution in [0, 0.1) is 18.8 Å². The molecule has 1 amide bonds. The number of carbonyl (C=O) groups excluding carboxylic acids is 1. The number of ether oxygens (including phenoxy) is 1. The zero-order valence-electron chi connectivity index (χ0n) is 25.5. The van der Waals surface area contributed by atoms with Gasteiger partial charge in [0.25, 0.3) is 5.91 Å². The van der Waals surface area contributed by atoms with E-state index in [1.807, 2.05) is 17.8 Å². The van der Waals surface area contributed by atoms with Crippen molar-refractivity contribution in [2.24, 2.45) is 0 Å². The van der Waals surface area contributed by atoms with Gasteiger partial charge in [-0.05, 0) is 62.2 Å². The average molecular weight is 633 g/mol. The molecule has 0 atom stereocenters. The third-order valence-corrected chi connectivity index (χ3v) is 7.46. The van der Waals surface area contributed by atoms with Gasteiger partial charge in [0.15, 0.2) is 0 Å². The van der Waals surface area contributed by atoms with Gasteiger partial charge < -0.3 is 26.0 Å². The summed E-state index contributed by atoms with van der Waals surface area (Å²) in [6.07, 6.45) is 4.11. The molecule has 2 aromatic carbocycles. The minimum Gasteiger partial charge on any atom is -0.381 e. The Bertz CT molecular complexity index is 1700. The van der Waals surface area contributed by atoms with Crippen LogP contribution < -0.4 is 21.3 Å². The minimum atomic E-state index is -4.57. The van der Waals surface area contributed by atoms with Gasteiger partial charge in [-0.2, -0.15) is 18.3 Å². The molecular weight excluding hydrogens is 597 g/mol. The lowest BCUT2D eigenvalue weighted by atomic mass is 10.0. The third kappa shape index (κ3) is 8.69. The number of alkyl halides is 3. The van der Waals surface area contributed by atoms with Crippen LogP contribution in [-0.4, -0.2) is 59.0 Å². The highest BCUT2D eigenvalue weighted by Crippen LogP contribution is 2.34. The Balaban J connectivity index is 1.23. The number of nitrogens with zero attached hydrogens (tertiary/aromatic N) is 4. The first-order chi connectivity index (χ1) is 22.2. The number of halogens is 3. The molecule has 4 N–H and O–H groups in total. The summed E-state index contributed by atoms with van der Waals surface area (Å²) in [4.78, 5) is 21.7. The summed E-state index contributed by atoms with van der Waals surface area (Å²) in [5.74, 6) is 5.92. The van der Waals surface area contributed by atoms with Crippen molar-refractivity contribution in [3.8, 4) is 11.8 Å². The zero-order valence-corrected chi connectivity index (χ0v) is 25.5. The molecule has 0 radical (unpaired) electrons. The van der Waals surface area contributed by atoms with E-state index in [0.717, 1.165) is 43.4 Å². The van der Waals surface area contributed by atoms with E-state index < -0.39 is 17.6 Å². The van der Waals surface area contributed by atoms with Crippen molar-refractivity contribution in [1.29, 1.82) is 0 Å². The highest BCUT2D eigenvalue weighted by Gasteiger charge is 2.33. The van der Waals surface area contributed by atoms with E-state index >= 15 is 0 Å². The SMILES string of the molecule is CNCCNCc1ccc(NC(=O)c2ccc(C)c(C#Cc3cnc(Nc4cnn(C5CCOCC5)c4)nc3)c2)cc1C(F)(F)F. The van der Waals surface area contributed by atoms with Crippen LogP contribution >= 0.6 is 0 Å². The Labute approximate surface area is 265 Å². The number of nitrogens with one attached hydrogen (secondary N) is 4. The maximum Gasteiger partial charge on any atom is 0.416 e. The van der Waals surface area contributed by atoms with E-state index in [2.05, 4.69) is 48.2 Å². The standard InChI is InChI=1S/C33H35F3N8O2/c1-22-3-5-25(31(45)42-27-8-7-26(19-38-12-11-37-2)30(16-27)33(34,35)36)15-24(22)6-4-23-17-39-32(40-18-23)43-28-20-41-44(21-28)29-9-13-46-14-10-29/h3,5,7-8,15-18,20-21,29,37-38H,9-14,19H2,1-2H3,(H,42,45)(H,39,40,43). The molecule has 0 spiro atoms. The molecule has 0 bridgehead atoms. The summed E-state index contributed by atoms with van der Waals surface area (Å²) < 4.78 is 48.7. The van der Waals surface area contributed by atoms with Crippen LogP contribution in [-0.2, 0) is 17.5 Å². The second-order valence-corrected chi connectivity index (χ2v) is 10.9. The second-order valence-electron chi connectivity index (χ2n) is 10.9. The lowest BCUT2D eigenvalue weighted by Crippen LogP contribution is -2.25. The van der Waals surface area contributed by atoms with Crippen molar-refractivity contribution >= 4 is 23.2 Å². The molecule has 3 heterocycles. The Morgan fingerprint density at radius 2 is 1.80 bits per heavy atom. The number of hydrogen-bond donors (Lipinski definition) is 4. The van der Waals surface area contributed by atoms with Crippen molar-refractivity contribution in [3.05, 3.63) is 94.6 Å². The Morgan fingerprint density at radius 3 is 2.54 bits per heavy atom. The van der Waals surface area contributed by atoms with E-state index in [4.69, 9.17) is 4.74 Å². The highest BCUT2D eigenvalue weighted by molar-refractivity contribution is 6.04. The monoisotopic (exact) mass is 632 g/mol. The summed E-state index contributed by atoms with van der Waals surface area (Å²) in [7, 11) is 1.77. The molecule has 0 saturated carbocycles. The summed E-state index contributed by atoms with van der Waals surface area (Å²) >= 11 is 0. The molecule has 5 rings (SSSR count). The van der Waals surface area contributed by atoms with Crippen molar-refractivity contribution in [2.75, 3.05) is 44.0 Å². The number of benzene rings is 2. The largest absolute Gasteiger partial charge is 0.416 e. The van der Waals surface area contributed by atoms with Crippen LogP contribution in [0.1, 0.15) is 57.1 Å². The van der Waals surface area contributed by atoms with Gasteiger partial charge in [-0.1, -0.05) is 24.0 Å². The summed E-state index contributed by atoms with van der Waals surface area (Å²) in [5.41, 5.74) is 2.38.